The molecule has 6 heteroatoms. The molecule has 6 nitrogen and oxygen atoms in total. The highest BCUT2D eigenvalue weighted by Gasteiger charge is 2.38. The van der Waals surface area contributed by atoms with Gasteiger partial charge in [-0.05, 0) is 54.2 Å². The molecule has 0 radical (unpaired) electrons. The largest absolute Gasteiger partial charge is 0.390 e. The summed E-state index contributed by atoms with van der Waals surface area (Å²) < 4.78 is 0. The van der Waals surface area contributed by atoms with E-state index in [1.807, 2.05) is 11.0 Å². The van der Waals surface area contributed by atoms with Crippen LogP contribution in [0.1, 0.15) is 33.5 Å². The van der Waals surface area contributed by atoms with Gasteiger partial charge >= 0.3 is 0 Å². The number of rotatable bonds is 5. The third kappa shape index (κ3) is 3.70. The Hall–Kier alpha value is -2.41. The van der Waals surface area contributed by atoms with Crippen molar-refractivity contribution in [2.24, 2.45) is 0 Å². The van der Waals surface area contributed by atoms with E-state index in [1.165, 1.54) is 23.2 Å². The number of carbonyl (C=O) groups excluding carboxylic acids is 1. The lowest BCUT2D eigenvalue weighted by atomic mass is 9.97. The van der Waals surface area contributed by atoms with Gasteiger partial charge in [-0.15, -0.1) is 0 Å². The summed E-state index contributed by atoms with van der Waals surface area (Å²) in [5.74, 6) is 0.0606. The lowest BCUT2D eigenvalue weighted by Crippen LogP contribution is -2.46. The molecule has 2 saturated heterocycles. The van der Waals surface area contributed by atoms with Crippen LogP contribution in [0.5, 0.6) is 0 Å². The van der Waals surface area contributed by atoms with Crippen LogP contribution in [0.4, 0.5) is 5.69 Å². The number of aliphatic hydroxyl groups is 1. The van der Waals surface area contributed by atoms with E-state index >= 15 is 0 Å². The second-order valence-electron chi connectivity index (χ2n) is 9.90. The number of piperazine rings is 1. The number of hydrogen-bond donors (Lipinski definition) is 2. The summed E-state index contributed by atoms with van der Waals surface area (Å²) >= 11 is 0. The minimum atomic E-state index is -0.530. The van der Waals surface area contributed by atoms with Crippen LogP contribution in [0.25, 0.3) is 0 Å². The maximum absolute atomic E-state index is 13.1. The van der Waals surface area contributed by atoms with Crippen molar-refractivity contribution in [1.82, 2.24) is 15.1 Å². The maximum Gasteiger partial charge on any atom is 0.254 e. The van der Waals surface area contributed by atoms with Crippen LogP contribution in [0.15, 0.2) is 42.5 Å². The van der Waals surface area contributed by atoms with Crippen LogP contribution >= 0.6 is 0 Å². The van der Waals surface area contributed by atoms with Gasteiger partial charge in [-0.1, -0.05) is 24.3 Å². The standard InChI is InChI=1S/C26H32N4O2/c31-24(16-28-9-7-18-3-1-2-4-20(18)14-28)17-29-10-8-19-11-22(5-6-25(19)26(29)32)30-15-21-12-23(30)13-27-21/h1-6,11,21,23-24,27,31H,7-10,12-17H2/t21?,23?,24-/m1/s1. The van der Waals surface area contributed by atoms with Crippen molar-refractivity contribution in [3.8, 4) is 0 Å². The van der Waals surface area contributed by atoms with Gasteiger partial charge < -0.3 is 20.2 Å². The molecular weight excluding hydrogens is 400 g/mol. The Kier molecular flexibility index (Phi) is 5.17. The van der Waals surface area contributed by atoms with Gasteiger partial charge in [-0.25, -0.2) is 0 Å². The molecule has 4 heterocycles. The van der Waals surface area contributed by atoms with Gasteiger partial charge in [0.05, 0.1) is 6.10 Å². The van der Waals surface area contributed by atoms with E-state index in [9.17, 15) is 9.90 Å². The van der Waals surface area contributed by atoms with Gasteiger partial charge in [0, 0.05) is 69.1 Å². The molecule has 32 heavy (non-hydrogen) atoms. The molecule has 2 N–H and O–H groups in total. The van der Waals surface area contributed by atoms with E-state index in [2.05, 4.69) is 51.5 Å². The van der Waals surface area contributed by atoms with Crippen molar-refractivity contribution < 1.29 is 9.90 Å². The first kappa shape index (κ1) is 20.2. The molecule has 0 spiro atoms. The summed E-state index contributed by atoms with van der Waals surface area (Å²) in [6.07, 6.45) is 2.58. The Morgan fingerprint density at radius 2 is 1.88 bits per heavy atom. The fourth-order valence-corrected chi connectivity index (χ4v) is 6.07. The predicted molar refractivity (Wildman–Crippen MR) is 125 cm³/mol. The number of anilines is 1. The van der Waals surface area contributed by atoms with Crippen LogP contribution in [-0.2, 0) is 19.4 Å². The van der Waals surface area contributed by atoms with Crippen LogP contribution in [-0.4, -0.2) is 78.3 Å². The SMILES string of the molecule is O=C1c2ccc(N3CC4CC3CN4)cc2CCN1C[C@H](O)CN1CCc2ccccc2C1. The van der Waals surface area contributed by atoms with Crippen LogP contribution < -0.4 is 10.2 Å². The third-order valence-corrected chi connectivity index (χ3v) is 7.76. The van der Waals surface area contributed by atoms with Crippen molar-refractivity contribution in [3.63, 3.8) is 0 Å². The molecule has 6 rings (SSSR count). The number of nitrogens with one attached hydrogen (secondary N) is 1. The van der Waals surface area contributed by atoms with Crippen molar-refractivity contribution in [3.05, 3.63) is 64.7 Å². The number of benzene rings is 2. The minimum absolute atomic E-state index is 0.0606. The van der Waals surface area contributed by atoms with E-state index in [0.29, 0.717) is 31.7 Å². The number of aliphatic hydroxyl groups excluding tert-OH is 1. The molecule has 1 amide bonds. The maximum atomic E-state index is 13.1. The lowest BCUT2D eigenvalue weighted by Gasteiger charge is -2.35. The monoisotopic (exact) mass is 432 g/mol. The van der Waals surface area contributed by atoms with Crippen molar-refractivity contribution in [2.45, 2.75) is 44.0 Å². The topological polar surface area (TPSA) is 59.1 Å². The molecule has 4 aliphatic rings. The van der Waals surface area contributed by atoms with Gasteiger partial charge in [0.2, 0.25) is 0 Å². The molecular formula is C26H32N4O2. The molecule has 0 aromatic heterocycles. The number of β-amino-alcohol motifs (C(OH)–C–C–N with tert-alkyl or cyclic N) is 1. The fourth-order valence-electron chi connectivity index (χ4n) is 6.07. The van der Waals surface area contributed by atoms with Crippen molar-refractivity contribution in [2.75, 3.05) is 44.2 Å². The Bertz CT molecular complexity index is 1020. The summed E-state index contributed by atoms with van der Waals surface area (Å²) in [6.45, 7) is 5.66. The normalized spacial score (nSPS) is 25.7. The Morgan fingerprint density at radius 3 is 2.69 bits per heavy atom. The molecule has 0 aliphatic carbocycles. The highest BCUT2D eigenvalue weighted by Crippen LogP contribution is 2.32. The van der Waals surface area contributed by atoms with E-state index in [-0.39, 0.29) is 5.91 Å². The molecule has 2 unspecified atom stereocenters. The third-order valence-electron chi connectivity index (χ3n) is 7.76. The van der Waals surface area contributed by atoms with E-state index in [1.54, 1.807) is 0 Å². The highest BCUT2D eigenvalue weighted by atomic mass is 16.3. The molecule has 3 atom stereocenters. The number of amides is 1. The van der Waals surface area contributed by atoms with Crippen LogP contribution in [0.2, 0.25) is 0 Å². The van der Waals surface area contributed by atoms with Gasteiger partial charge in [0.1, 0.15) is 0 Å². The molecule has 2 bridgehead atoms. The number of hydrogen-bond acceptors (Lipinski definition) is 5. The predicted octanol–water partition coefficient (Wildman–Crippen LogP) is 1.65. The zero-order valence-corrected chi connectivity index (χ0v) is 18.5. The quantitative estimate of drug-likeness (QED) is 0.753. The van der Waals surface area contributed by atoms with E-state index in [4.69, 9.17) is 0 Å². The first-order valence-electron chi connectivity index (χ1n) is 12.0. The minimum Gasteiger partial charge on any atom is -0.390 e. The number of nitrogens with zero attached hydrogens (tertiary/aromatic N) is 3. The highest BCUT2D eigenvalue weighted by molar-refractivity contribution is 5.97. The Labute approximate surface area is 189 Å². The number of fused-ring (bicyclic) bond motifs is 4. The summed E-state index contributed by atoms with van der Waals surface area (Å²) in [4.78, 5) is 19.8. The van der Waals surface area contributed by atoms with Gasteiger partial charge in [-0.3, -0.25) is 9.69 Å². The number of carbonyl (C=O) groups is 1. The molecule has 0 saturated carbocycles. The Morgan fingerprint density at radius 1 is 1.03 bits per heavy atom. The van der Waals surface area contributed by atoms with Gasteiger partial charge in [0.15, 0.2) is 0 Å². The summed E-state index contributed by atoms with van der Waals surface area (Å²) in [5, 5.41) is 14.3. The van der Waals surface area contributed by atoms with Gasteiger partial charge in [-0.2, -0.15) is 0 Å². The van der Waals surface area contributed by atoms with E-state index < -0.39 is 6.10 Å². The van der Waals surface area contributed by atoms with Crippen molar-refractivity contribution in [1.29, 1.82) is 0 Å². The summed E-state index contributed by atoms with van der Waals surface area (Å²) in [7, 11) is 0. The molecule has 2 aromatic rings. The summed E-state index contributed by atoms with van der Waals surface area (Å²) in [6, 6.07) is 16.1. The first-order valence-corrected chi connectivity index (χ1v) is 12.0. The van der Waals surface area contributed by atoms with E-state index in [0.717, 1.165) is 50.1 Å². The van der Waals surface area contributed by atoms with Gasteiger partial charge in [0.25, 0.3) is 5.91 Å². The average molecular weight is 433 g/mol. The smallest absolute Gasteiger partial charge is 0.254 e. The Balaban J connectivity index is 1.08. The molecule has 2 fully saturated rings. The second-order valence-corrected chi connectivity index (χ2v) is 9.90. The zero-order valence-electron chi connectivity index (χ0n) is 18.5. The summed E-state index contributed by atoms with van der Waals surface area (Å²) in [5.41, 5.74) is 5.98. The first-order chi connectivity index (χ1) is 15.6. The van der Waals surface area contributed by atoms with Crippen molar-refractivity contribution >= 4 is 11.6 Å². The zero-order chi connectivity index (χ0) is 21.7. The molecule has 4 aliphatic heterocycles. The van der Waals surface area contributed by atoms with Crippen LogP contribution in [0.3, 0.4) is 0 Å². The van der Waals surface area contributed by atoms with Crippen LogP contribution in [0, 0.1) is 0 Å². The molecule has 168 valence electrons. The second kappa shape index (κ2) is 8.18. The molecule has 2 aromatic carbocycles. The lowest BCUT2D eigenvalue weighted by molar-refractivity contribution is 0.0493. The average Bonchev–Trinajstić information content (AvgIpc) is 3.45. The fraction of sp³-hybridized carbons (Fsp3) is 0.500.